The lowest BCUT2D eigenvalue weighted by Gasteiger charge is -2.07. The number of anilines is 1. The Kier molecular flexibility index (Phi) is 4.54. The molecular weight excluding hydrogens is 390 g/mol. The third kappa shape index (κ3) is 3.68. The average molecular weight is 406 g/mol. The van der Waals surface area contributed by atoms with Gasteiger partial charge in [-0.15, -0.1) is 0 Å². The van der Waals surface area contributed by atoms with Crippen LogP contribution in [0.2, 0.25) is 0 Å². The number of imidazole rings is 1. The molecule has 4 rings (SSSR count). The number of carbonyl (C=O) groups is 1. The average Bonchev–Trinajstić information content (AvgIpc) is 3.08. The molecule has 0 atom stereocenters. The maximum atomic E-state index is 12.3. The number of fused-ring (bicyclic) bond motifs is 1. The molecule has 2 N–H and O–H groups in total. The molecule has 5 heteroatoms. The zero-order chi connectivity index (χ0) is 17.9. The first-order valence-electron chi connectivity index (χ1n) is 8.27. The van der Waals surface area contributed by atoms with Gasteiger partial charge in [0.2, 0.25) is 5.91 Å². The monoisotopic (exact) mass is 405 g/mol. The lowest BCUT2D eigenvalue weighted by Crippen LogP contribution is -2.14. The van der Waals surface area contributed by atoms with Crippen molar-refractivity contribution in [1.29, 1.82) is 0 Å². The van der Waals surface area contributed by atoms with Gasteiger partial charge in [-0.25, -0.2) is 4.98 Å². The fraction of sp³-hybridized carbons (Fsp3) is 0.0476. The number of carbonyl (C=O) groups excluding carboxylic acids is 1. The Morgan fingerprint density at radius 1 is 1.00 bits per heavy atom. The van der Waals surface area contributed by atoms with Crippen LogP contribution in [0.5, 0.6) is 0 Å². The molecule has 0 aliphatic carbocycles. The van der Waals surface area contributed by atoms with Gasteiger partial charge in [-0.05, 0) is 42.0 Å². The number of nitrogens with one attached hydrogen (secondary N) is 2. The maximum absolute atomic E-state index is 12.3. The Hall–Kier alpha value is -2.92. The van der Waals surface area contributed by atoms with E-state index in [1.54, 1.807) is 0 Å². The first-order chi connectivity index (χ1) is 12.7. The number of amides is 1. The fourth-order valence-electron chi connectivity index (χ4n) is 2.83. The lowest BCUT2D eigenvalue weighted by atomic mass is 10.1. The molecule has 4 nitrogen and oxygen atoms in total. The minimum Gasteiger partial charge on any atom is -0.338 e. The minimum absolute atomic E-state index is 0.0471. The highest BCUT2D eigenvalue weighted by Gasteiger charge is 2.08. The van der Waals surface area contributed by atoms with E-state index >= 15 is 0 Å². The summed E-state index contributed by atoms with van der Waals surface area (Å²) in [6.07, 6.45) is 0.335. The SMILES string of the molecule is O=C(Cc1ccc(Br)cc1)Nc1cccc(-c2nc3ccccc3[nH]2)c1. The molecule has 0 aliphatic heterocycles. The number of aromatic nitrogens is 2. The molecule has 128 valence electrons. The Morgan fingerprint density at radius 2 is 1.81 bits per heavy atom. The van der Waals surface area contributed by atoms with Gasteiger partial charge in [-0.3, -0.25) is 4.79 Å². The second kappa shape index (κ2) is 7.14. The number of hydrogen-bond donors (Lipinski definition) is 2. The van der Waals surface area contributed by atoms with Gasteiger partial charge in [0.05, 0.1) is 17.5 Å². The Bertz CT molecular complexity index is 1040. The number of H-pyrrole nitrogens is 1. The van der Waals surface area contributed by atoms with E-state index in [-0.39, 0.29) is 5.91 Å². The van der Waals surface area contributed by atoms with Gasteiger partial charge in [0, 0.05) is 15.7 Å². The normalized spacial score (nSPS) is 10.8. The third-order valence-electron chi connectivity index (χ3n) is 4.09. The van der Waals surface area contributed by atoms with Crippen molar-refractivity contribution in [3.63, 3.8) is 0 Å². The number of hydrogen-bond acceptors (Lipinski definition) is 2. The topological polar surface area (TPSA) is 57.8 Å². The van der Waals surface area contributed by atoms with E-state index < -0.39 is 0 Å². The van der Waals surface area contributed by atoms with Crippen LogP contribution >= 0.6 is 15.9 Å². The number of halogens is 1. The molecule has 4 aromatic rings. The minimum atomic E-state index is -0.0471. The molecule has 0 saturated heterocycles. The molecule has 0 spiro atoms. The van der Waals surface area contributed by atoms with Gasteiger partial charge in [-0.2, -0.15) is 0 Å². The van der Waals surface area contributed by atoms with E-state index in [4.69, 9.17) is 0 Å². The Labute approximate surface area is 159 Å². The van der Waals surface area contributed by atoms with Gasteiger partial charge < -0.3 is 10.3 Å². The number of benzene rings is 3. The summed E-state index contributed by atoms with van der Waals surface area (Å²) in [4.78, 5) is 20.2. The third-order valence-corrected chi connectivity index (χ3v) is 4.62. The fourth-order valence-corrected chi connectivity index (χ4v) is 3.09. The summed E-state index contributed by atoms with van der Waals surface area (Å²) in [6.45, 7) is 0. The van der Waals surface area contributed by atoms with Crippen molar-refractivity contribution >= 4 is 38.6 Å². The van der Waals surface area contributed by atoms with E-state index in [0.29, 0.717) is 6.42 Å². The van der Waals surface area contributed by atoms with Gasteiger partial charge in [0.15, 0.2) is 0 Å². The second-order valence-electron chi connectivity index (χ2n) is 6.03. The summed E-state index contributed by atoms with van der Waals surface area (Å²) in [5.41, 5.74) is 4.58. The smallest absolute Gasteiger partial charge is 0.228 e. The summed E-state index contributed by atoms with van der Waals surface area (Å²) < 4.78 is 1.00. The van der Waals surface area contributed by atoms with Crippen LogP contribution in [0, 0.1) is 0 Å². The van der Waals surface area contributed by atoms with Crippen LogP contribution < -0.4 is 5.32 Å². The molecule has 1 heterocycles. The van der Waals surface area contributed by atoms with E-state index in [0.717, 1.165) is 38.1 Å². The zero-order valence-electron chi connectivity index (χ0n) is 13.9. The summed E-state index contributed by atoms with van der Waals surface area (Å²) in [7, 11) is 0. The predicted octanol–water partition coefficient (Wildman–Crippen LogP) is 5.17. The second-order valence-corrected chi connectivity index (χ2v) is 6.95. The van der Waals surface area contributed by atoms with Crippen LogP contribution in [0.4, 0.5) is 5.69 Å². The summed E-state index contributed by atoms with van der Waals surface area (Å²) in [5.74, 6) is 0.740. The molecule has 0 saturated carbocycles. The number of aromatic amines is 1. The highest BCUT2D eigenvalue weighted by molar-refractivity contribution is 9.10. The van der Waals surface area contributed by atoms with Gasteiger partial charge in [-0.1, -0.05) is 52.3 Å². The maximum Gasteiger partial charge on any atom is 0.228 e. The zero-order valence-corrected chi connectivity index (χ0v) is 15.5. The first kappa shape index (κ1) is 16.5. The van der Waals surface area contributed by atoms with Gasteiger partial charge in [0.25, 0.3) is 0 Å². The Balaban J connectivity index is 1.51. The van der Waals surface area contributed by atoms with E-state index in [2.05, 4.69) is 31.2 Å². The van der Waals surface area contributed by atoms with Crippen molar-refractivity contribution in [2.75, 3.05) is 5.32 Å². The number of para-hydroxylation sites is 2. The lowest BCUT2D eigenvalue weighted by molar-refractivity contribution is -0.115. The molecule has 0 fully saturated rings. The van der Waals surface area contributed by atoms with Crippen molar-refractivity contribution in [1.82, 2.24) is 9.97 Å². The quantitative estimate of drug-likeness (QED) is 0.491. The number of nitrogens with zero attached hydrogens (tertiary/aromatic N) is 1. The first-order valence-corrected chi connectivity index (χ1v) is 9.06. The molecule has 0 bridgehead atoms. The summed E-state index contributed by atoms with van der Waals surface area (Å²) in [6, 6.07) is 23.4. The standard InChI is InChI=1S/C21H16BrN3O/c22-16-10-8-14(9-11-16)12-20(26)23-17-5-3-4-15(13-17)21-24-18-6-1-2-7-19(18)25-21/h1-11,13H,12H2,(H,23,26)(H,24,25). The van der Waals surface area contributed by atoms with E-state index in [9.17, 15) is 4.79 Å². The molecule has 1 aromatic heterocycles. The molecule has 26 heavy (non-hydrogen) atoms. The van der Waals surface area contributed by atoms with Gasteiger partial charge in [0.1, 0.15) is 5.82 Å². The van der Waals surface area contributed by atoms with Crippen LogP contribution in [0.3, 0.4) is 0 Å². The van der Waals surface area contributed by atoms with E-state index in [1.165, 1.54) is 0 Å². The molecule has 1 amide bonds. The number of rotatable bonds is 4. The van der Waals surface area contributed by atoms with Crippen molar-refractivity contribution in [3.05, 3.63) is 82.8 Å². The van der Waals surface area contributed by atoms with Crippen molar-refractivity contribution < 1.29 is 4.79 Å². The van der Waals surface area contributed by atoms with Crippen molar-refractivity contribution in [2.24, 2.45) is 0 Å². The van der Waals surface area contributed by atoms with Crippen LogP contribution in [0.15, 0.2) is 77.3 Å². The molecule has 3 aromatic carbocycles. The van der Waals surface area contributed by atoms with Crippen LogP contribution in [-0.2, 0) is 11.2 Å². The molecule has 0 aliphatic rings. The molecule has 0 radical (unpaired) electrons. The van der Waals surface area contributed by atoms with Gasteiger partial charge >= 0.3 is 0 Å². The van der Waals surface area contributed by atoms with Crippen molar-refractivity contribution in [2.45, 2.75) is 6.42 Å². The highest BCUT2D eigenvalue weighted by Crippen LogP contribution is 2.23. The van der Waals surface area contributed by atoms with Crippen LogP contribution in [-0.4, -0.2) is 15.9 Å². The van der Waals surface area contributed by atoms with E-state index in [1.807, 2.05) is 72.8 Å². The predicted molar refractivity (Wildman–Crippen MR) is 108 cm³/mol. The molecular formula is C21H16BrN3O. The largest absolute Gasteiger partial charge is 0.338 e. The molecule has 0 unspecified atom stereocenters. The van der Waals surface area contributed by atoms with Crippen LogP contribution in [0.25, 0.3) is 22.4 Å². The summed E-state index contributed by atoms with van der Waals surface area (Å²) >= 11 is 3.40. The Morgan fingerprint density at radius 3 is 2.62 bits per heavy atom. The summed E-state index contributed by atoms with van der Waals surface area (Å²) in [5, 5.41) is 2.96. The van der Waals surface area contributed by atoms with Crippen molar-refractivity contribution in [3.8, 4) is 11.4 Å². The highest BCUT2D eigenvalue weighted by atomic mass is 79.9. The van der Waals surface area contributed by atoms with Crippen LogP contribution in [0.1, 0.15) is 5.56 Å².